The molecule has 3 amide bonds. The van der Waals surface area contributed by atoms with Crippen LogP contribution in [-0.2, 0) is 4.74 Å². The van der Waals surface area contributed by atoms with Gasteiger partial charge in [0.15, 0.2) is 0 Å². The second kappa shape index (κ2) is 9.37. The number of amides is 3. The van der Waals surface area contributed by atoms with Gasteiger partial charge in [0.1, 0.15) is 17.0 Å². The molecule has 6 rings (SSSR count). The van der Waals surface area contributed by atoms with Crippen molar-refractivity contribution < 1.29 is 23.5 Å². The molecule has 3 aliphatic heterocycles. The van der Waals surface area contributed by atoms with Crippen LogP contribution in [0.4, 0.5) is 20.8 Å². The third kappa shape index (κ3) is 4.63. The highest BCUT2D eigenvalue weighted by Crippen LogP contribution is 2.39. The van der Waals surface area contributed by atoms with Gasteiger partial charge in [0.25, 0.3) is 5.91 Å². The Bertz CT molecular complexity index is 1270. The van der Waals surface area contributed by atoms with Gasteiger partial charge in [0.2, 0.25) is 11.8 Å². The molecule has 2 N–H and O–H groups in total. The summed E-state index contributed by atoms with van der Waals surface area (Å²) < 4.78 is 27.4. The monoisotopic (exact) mass is 524 g/mol. The number of anilines is 2. The maximum absolute atomic E-state index is 15.3. The van der Waals surface area contributed by atoms with Crippen LogP contribution in [0.15, 0.2) is 18.2 Å². The lowest BCUT2D eigenvalue weighted by molar-refractivity contribution is 0.0540. The molecule has 3 fully saturated rings. The molecule has 2 saturated heterocycles. The first kappa shape index (κ1) is 24.8. The van der Waals surface area contributed by atoms with E-state index in [4.69, 9.17) is 19.4 Å². The van der Waals surface area contributed by atoms with Crippen molar-refractivity contribution in [3.05, 3.63) is 29.6 Å². The maximum atomic E-state index is 15.3. The van der Waals surface area contributed by atoms with Gasteiger partial charge in [-0.15, -0.1) is 0 Å². The van der Waals surface area contributed by atoms with Gasteiger partial charge >= 0.3 is 6.03 Å². The predicted octanol–water partition coefficient (Wildman–Crippen LogP) is 3.57. The number of hydrogen-bond donors (Lipinski definition) is 2. The summed E-state index contributed by atoms with van der Waals surface area (Å²) in [5.41, 5.74) is 0.303. The van der Waals surface area contributed by atoms with Crippen molar-refractivity contribution in [2.24, 2.45) is 0 Å². The average Bonchev–Trinajstić information content (AvgIpc) is 3.66. The number of nitrogens with zero attached hydrogens (tertiary/aromatic N) is 4. The van der Waals surface area contributed by atoms with Gasteiger partial charge in [0.05, 0.1) is 43.2 Å². The minimum atomic E-state index is -0.683. The first-order valence-electron chi connectivity index (χ1n) is 13.4. The fourth-order valence-electron chi connectivity index (χ4n) is 5.55. The Morgan fingerprint density at radius 3 is 2.55 bits per heavy atom. The summed E-state index contributed by atoms with van der Waals surface area (Å²) in [5.74, 6) is -0.225. The average molecular weight is 525 g/mol. The van der Waals surface area contributed by atoms with Crippen LogP contribution in [0.3, 0.4) is 0 Å². The fourth-order valence-corrected chi connectivity index (χ4v) is 5.55. The van der Waals surface area contributed by atoms with Crippen molar-refractivity contribution in [1.82, 2.24) is 20.2 Å². The number of carbonyl (C=O) groups excluding carboxylic acids is 2. The van der Waals surface area contributed by atoms with Gasteiger partial charge in [-0.1, -0.05) is 6.07 Å². The summed E-state index contributed by atoms with van der Waals surface area (Å²) in [5, 5.41) is 5.36. The minimum absolute atomic E-state index is 0.0531. The molecule has 4 heterocycles. The summed E-state index contributed by atoms with van der Waals surface area (Å²) in [6.07, 6.45) is 3.80. The van der Waals surface area contributed by atoms with E-state index >= 15 is 4.39 Å². The van der Waals surface area contributed by atoms with E-state index in [1.54, 1.807) is 11.0 Å². The second-order valence-corrected chi connectivity index (χ2v) is 11.1. The normalized spacial score (nSPS) is 23.9. The van der Waals surface area contributed by atoms with Gasteiger partial charge in [-0.3, -0.25) is 4.79 Å². The van der Waals surface area contributed by atoms with E-state index in [0.717, 1.165) is 25.7 Å². The van der Waals surface area contributed by atoms with Crippen molar-refractivity contribution in [1.29, 1.82) is 0 Å². The Morgan fingerprint density at radius 1 is 1.16 bits per heavy atom. The summed E-state index contributed by atoms with van der Waals surface area (Å²) in [6.45, 7) is 7.77. The molecule has 1 saturated carbocycles. The van der Waals surface area contributed by atoms with Gasteiger partial charge in [-0.2, -0.15) is 4.98 Å². The zero-order chi connectivity index (χ0) is 26.6. The Labute approximate surface area is 220 Å². The second-order valence-electron chi connectivity index (χ2n) is 11.1. The number of urea groups is 1. The first-order valence-corrected chi connectivity index (χ1v) is 13.4. The Morgan fingerprint density at radius 2 is 1.89 bits per heavy atom. The largest absolute Gasteiger partial charge is 0.469 e. The van der Waals surface area contributed by atoms with Crippen molar-refractivity contribution in [3.63, 3.8) is 0 Å². The van der Waals surface area contributed by atoms with E-state index in [0.29, 0.717) is 43.5 Å². The number of rotatable bonds is 5. The van der Waals surface area contributed by atoms with Crippen molar-refractivity contribution in [2.45, 2.75) is 70.2 Å². The number of morpholine rings is 1. The number of benzene rings is 1. The highest BCUT2D eigenvalue weighted by Gasteiger charge is 2.42. The van der Waals surface area contributed by atoms with Crippen LogP contribution in [0, 0.1) is 5.82 Å². The lowest BCUT2D eigenvalue weighted by Crippen LogP contribution is -2.47. The van der Waals surface area contributed by atoms with E-state index in [-0.39, 0.29) is 41.2 Å². The number of nitrogens with one attached hydrogen (secondary N) is 2. The molecular weight excluding hydrogens is 491 g/mol. The molecule has 0 spiro atoms. The highest BCUT2D eigenvalue weighted by atomic mass is 19.1. The number of aromatic nitrogens is 2. The van der Waals surface area contributed by atoms with Crippen LogP contribution in [-0.4, -0.2) is 76.8 Å². The lowest BCUT2D eigenvalue weighted by atomic mass is 10.0. The van der Waals surface area contributed by atoms with Crippen LogP contribution < -0.4 is 20.3 Å². The van der Waals surface area contributed by atoms with E-state index in [1.807, 2.05) is 20.8 Å². The first-order chi connectivity index (χ1) is 18.2. The molecule has 38 heavy (non-hydrogen) atoms. The molecule has 1 aromatic carbocycles. The van der Waals surface area contributed by atoms with Gasteiger partial charge in [-0.05, 0) is 58.6 Å². The van der Waals surface area contributed by atoms with E-state index in [1.165, 1.54) is 12.1 Å². The van der Waals surface area contributed by atoms with Crippen molar-refractivity contribution in [2.75, 3.05) is 36.5 Å². The SMILES string of the molecule is CCN1CC(C)(C)Oc2nc(N3C4CCC3COC4)nc(-c3ccc(NC(=O)NC4CC4)c(F)c3)c2C1=O. The zero-order valence-corrected chi connectivity index (χ0v) is 21.9. The number of hydrogen-bond acceptors (Lipinski definition) is 7. The van der Waals surface area contributed by atoms with Gasteiger partial charge < -0.3 is 29.9 Å². The van der Waals surface area contributed by atoms with Crippen molar-refractivity contribution >= 4 is 23.6 Å². The highest BCUT2D eigenvalue weighted by molar-refractivity contribution is 6.03. The third-order valence-electron chi connectivity index (χ3n) is 7.57. The van der Waals surface area contributed by atoms with Crippen LogP contribution in [0.1, 0.15) is 56.8 Å². The molecule has 1 aromatic heterocycles. The molecule has 202 valence electrons. The number of ether oxygens (including phenoxy) is 2. The molecular formula is C27H33FN6O4. The Balaban J connectivity index is 1.44. The molecule has 2 aromatic rings. The smallest absolute Gasteiger partial charge is 0.319 e. The molecule has 2 atom stereocenters. The topological polar surface area (TPSA) is 109 Å². The zero-order valence-electron chi connectivity index (χ0n) is 21.9. The molecule has 0 radical (unpaired) electrons. The van der Waals surface area contributed by atoms with Gasteiger partial charge in [-0.25, -0.2) is 14.2 Å². The molecule has 10 nitrogen and oxygen atoms in total. The summed E-state index contributed by atoms with van der Waals surface area (Å²) >= 11 is 0. The van der Waals surface area contributed by atoms with Crippen LogP contribution in [0.2, 0.25) is 0 Å². The Hall–Kier alpha value is -3.47. The molecule has 1 aliphatic carbocycles. The summed E-state index contributed by atoms with van der Waals surface area (Å²) in [6, 6.07) is 4.43. The summed E-state index contributed by atoms with van der Waals surface area (Å²) in [7, 11) is 0. The molecule has 11 heteroatoms. The van der Waals surface area contributed by atoms with Crippen LogP contribution in [0.25, 0.3) is 11.3 Å². The fraction of sp³-hybridized carbons (Fsp3) is 0.556. The van der Waals surface area contributed by atoms with Crippen molar-refractivity contribution in [3.8, 4) is 17.1 Å². The number of carbonyl (C=O) groups is 2. The quantitative estimate of drug-likeness (QED) is 0.616. The van der Waals surface area contributed by atoms with E-state index < -0.39 is 17.4 Å². The standard InChI is InChI=1S/C27H33FN6O4/c1-4-33-14-27(2,3)38-23-21(24(33)35)22(31-25(32-23)34-17-8-9-18(34)13-37-12-17)15-5-10-20(19(28)11-15)30-26(36)29-16-6-7-16/h5,10-11,16-18H,4,6-9,12-14H2,1-3H3,(H2,29,30,36). The van der Waals surface area contributed by atoms with Crippen LogP contribution in [0.5, 0.6) is 5.88 Å². The summed E-state index contributed by atoms with van der Waals surface area (Å²) in [4.78, 5) is 39.4. The number of likely N-dealkylation sites (N-methyl/N-ethyl adjacent to an activating group) is 1. The molecule has 2 unspecified atom stereocenters. The van der Waals surface area contributed by atoms with E-state index in [2.05, 4.69) is 15.5 Å². The number of halogens is 1. The minimum Gasteiger partial charge on any atom is -0.469 e. The maximum Gasteiger partial charge on any atom is 0.319 e. The molecule has 4 aliphatic rings. The number of fused-ring (bicyclic) bond motifs is 3. The van der Waals surface area contributed by atoms with Crippen LogP contribution >= 0.6 is 0 Å². The Kier molecular flexibility index (Phi) is 6.13. The predicted molar refractivity (Wildman–Crippen MR) is 139 cm³/mol. The van der Waals surface area contributed by atoms with E-state index in [9.17, 15) is 9.59 Å². The third-order valence-corrected chi connectivity index (χ3v) is 7.57. The van der Waals surface area contributed by atoms with Gasteiger partial charge in [0, 0.05) is 18.2 Å². The lowest BCUT2D eigenvalue weighted by Gasteiger charge is -2.35. The molecule has 2 bridgehead atoms.